The molecule has 0 aromatic heterocycles. The van der Waals surface area contributed by atoms with Crippen LogP contribution >= 0.6 is 0 Å². The van der Waals surface area contributed by atoms with Gasteiger partial charge in [0.05, 0.1) is 13.7 Å². The van der Waals surface area contributed by atoms with Gasteiger partial charge in [0.25, 0.3) is 0 Å². The highest BCUT2D eigenvalue weighted by molar-refractivity contribution is 5.87. The molecule has 2 amide bonds. The highest BCUT2D eigenvalue weighted by Gasteiger charge is 2.30. The zero-order valence-corrected chi connectivity index (χ0v) is 20.5. The first kappa shape index (κ1) is 25.6. The molecule has 0 aliphatic heterocycles. The number of nitrogens with one attached hydrogen (secondary N) is 1. The van der Waals surface area contributed by atoms with Gasteiger partial charge in [0.2, 0.25) is 11.8 Å². The van der Waals surface area contributed by atoms with Gasteiger partial charge in [0.15, 0.2) is 0 Å². The lowest BCUT2D eigenvalue weighted by Crippen LogP contribution is -2.51. The molecule has 0 saturated heterocycles. The van der Waals surface area contributed by atoms with Crippen molar-refractivity contribution in [1.82, 2.24) is 10.2 Å². The summed E-state index contributed by atoms with van der Waals surface area (Å²) >= 11 is 0. The van der Waals surface area contributed by atoms with Gasteiger partial charge < -0.3 is 19.7 Å². The molecule has 0 radical (unpaired) electrons. The minimum atomic E-state index is -0.504. The van der Waals surface area contributed by atoms with Gasteiger partial charge in [-0.05, 0) is 55.5 Å². The summed E-state index contributed by atoms with van der Waals surface area (Å²) in [6.45, 7) is 2.79. The number of ether oxygens (including phenoxy) is 2. The van der Waals surface area contributed by atoms with Crippen LogP contribution in [0.15, 0.2) is 54.6 Å². The first-order valence-electron chi connectivity index (χ1n) is 12.5. The Morgan fingerprint density at radius 3 is 2.47 bits per heavy atom. The summed E-state index contributed by atoms with van der Waals surface area (Å²) in [5.74, 6) is 1.44. The maximum atomic E-state index is 13.4. The Balaban J connectivity index is 1.67. The Morgan fingerprint density at radius 1 is 1.03 bits per heavy atom. The van der Waals surface area contributed by atoms with Crippen LogP contribution in [0.3, 0.4) is 0 Å². The molecule has 184 valence electrons. The normalized spacial score (nSPS) is 14.8. The number of methoxy groups -OCH3 is 1. The van der Waals surface area contributed by atoms with Crippen molar-refractivity contribution in [3.63, 3.8) is 0 Å². The Kier molecular flexibility index (Phi) is 10.3. The number of carbonyl (C=O) groups excluding carboxylic acids is 2. The van der Waals surface area contributed by atoms with Crippen LogP contribution in [0.25, 0.3) is 0 Å². The Morgan fingerprint density at radius 2 is 1.76 bits per heavy atom. The van der Waals surface area contributed by atoms with Crippen LogP contribution in [0.4, 0.5) is 0 Å². The smallest absolute Gasteiger partial charge is 0.243 e. The SMILES string of the molecule is CCC(C(=O)NC1CCCCC1)N(Cc1cccc(OC)c1)C(=O)CCCOc1ccccc1. The molecule has 1 saturated carbocycles. The fourth-order valence-corrected chi connectivity index (χ4v) is 4.51. The molecule has 34 heavy (non-hydrogen) atoms. The minimum Gasteiger partial charge on any atom is -0.497 e. The second kappa shape index (κ2) is 13.6. The Labute approximate surface area is 203 Å². The first-order chi connectivity index (χ1) is 16.6. The molecular formula is C28H38N2O4. The molecule has 1 aliphatic carbocycles. The number of hydrogen-bond donors (Lipinski definition) is 1. The molecule has 6 nitrogen and oxygen atoms in total. The molecule has 3 rings (SSSR count). The van der Waals surface area contributed by atoms with Crippen molar-refractivity contribution in [2.24, 2.45) is 0 Å². The number of amides is 2. The van der Waals surface area contributed by atoms with E-state index in [0.29, 0.717) is 32.4 Å². The maximum Gasteiger partial charge on any atom is 0.243 e. The molecule has 1 unspecified atom stereocenters. The number of para-hydroxylation sites is 1. The predicted octanol–water partition coefficient (Wildman–Crippen LogP) is 5.11. The van der Waals surface area contributed by atoms with Gasteiger partial charge in [-0.1, -0.05) is 56.5 Å². The van der Waals surface area contributed by atoms with E-state index in [2.05, 4.69) is 5.32 Å². The summed E-state index contributed by atoms with van der Waals surface area (Å²) < 4.78 is 11.1. The summed E-state index contributed by atoms with van der Waals surface area (Å²) in [5, 5.41) is 3.22. The van der Waals surface area contributed by atoms with E-state index in [1.807, 2.05) is 61.5 Å². The van der Waals surface area contributed by atoms with Gasteiger partial charge in [0, 0.05) is 19.0 Å². The second-order valence-electron chi connectivity index (χ2n) is 8.91. The maximum absolute atomic E-state index is 13.4. The lowest BCUT2D eigenvalue weighted by molar-refractivity contribution is -0.142. The average molecular weight is 467 g/mol. The van der Waals surface area contributed by atoms with E-state index in [9.17, 15) is 9.59 Å². The highest BCUT2D eigenvalue weighted by atomic mass is 16.5. The topological polar surface area (TPSA) is 67.9 Å². The summed E-state index contributed by atoms with van der Waals surface area (Å²) in [6, 6.07) is 17.0. The summed E-state index contributed by atoms with van der Waals surface area (Å²) in [4.78, 5) is 28.4. The van der Waals surface area contributed by atoms with Crippen LogP contribution in [-0.4, -0.2) is 42.5 Å². The van der Waals surface area contributed by atoms with Crippen molar-refractivity contribution in [1.29, 1.82) is 0 Å². The third-order valence-corrected chi connectivity index (χ3v) is 6.37. The molecule has 2 aromatic rings. The molecule has 1 N–H and O–H groups in total. The zero-order valence-electron chi connectivity index (χ0n) is 20.5. The third-order valence-electron chi connectivity index (χ3n) is 6.37. The van der Waals surface area contributed by atoms with Crippen LogP contribution in [0.5, 0.6) is 11.5 Å². The number of nitrogens with zero attached hydrogens (tertiary/aromatic N) is 1. The van der Waals surface area contributed by atoms with E-state index in [0.717, 1.165) is 42.7 Å². The van der Waals surface area contributed by atoms with Gasteiger partial charge >= 0.3 is 0 Å². The number of hydrogen-bond acceptors (Lipinski definition) is 4. The van der Waals surface area contributed by atoms with Gasteiger partial charge in [0.1, 0.15) is 17.5 Å². The standard InChI is InChI=1S/C28H38N2O4/c1-3-26(28(32)29-23-13-6-4-7-14-23)30(21-22-12-10-17-25(20-22)33-2)27(31)18-11-19-34-24-15-8-5-9-16-24/h5,8-10,12,15-17,20,23,26H,3-4,6-7,11,13-14,18-19,21H2,1-2H3,(H,29,32). The van der Waals surface area contributed by atoms with Gasteiger partial charge in [-0.3, -0.25) is 9.59 Å². The number of rotatable bonds is 12. The van der Waals surface area contributed by atoms with Crippen LogP contribution < -0.4 is 14.8 Å². The molecule has 6 heteroatoms. The van der Waals surface area contributed by atoms with Crippen molar-refractivity contribution >= 4 is 11.8 Å². The van der Waals surface area contributed by atoms with Crippen molar-refractivity contribution in [2.75, 3.05) is 13.7 Å². The van der Waals surface area contributed by atoms with Gasteiger partial charge in [-0.2, -0.15) is 0 Å². The largest absolute Gasteiger partial charge is 0.497 e. The molecule has 1 fully saturated rings. The van der Waals surface area contributed by atoms with E-state index in [1.165, 1.54) is 6.42 Å². The number of carbonyl (C=O) groups is 2. The Bertz CT molecular complexity index is 896. The molecule has 1 aliphatic rings. The zero-order chi connectivity index (χ0) is 24.2. The quantitative estimate of drug-likeness (QED) is 0.442. The summed E-state index contributed by atoms with van der Waals surface area (Å²) in [7, 11) is 1.63. The number of benzene rings is 2. The lowest BCUT2D eigenvalue weighted by atomic mass is 9.95. The van der Waals surface area contributed by atoms with E-state index >= 15 is 0 Å². The highest BCUT2D eigenvalue weighted by Crippen LogP contribution is 2.21. The van der Waals surface area contributed by atoms with Crippen LogP contribution in [0.2, 0.25) is 0 Å². The lowest BCUT2D eigenvalue weighted by Gasteiger charge is -2.33. The molecular weight excluding hydrogens is 428 g/mol. The predicted molar refractivity (Wildman–Crippen MR) is 134 cm³/mol. The van der Waals surface area contributed by atoms with Gasteiger partial charge in [-0.25, -0.2) is 0 Å². The third kappa shape index (κ3) is 7.79. The van der Waals surface area contributed by atoms with E-state index in [-0.39, 0.29) is 17.9 Å². The Hall–Kier alpha value is -3.02. The van der Waals surface area contributed by atoms with Crippen LogP contribution in [0.1, 0.15) is 63.9 Å². The summed E-state index contributed by atoms with van der Waals surface area (Å²) in [6.07, 6.45) is 7.04. The molecule has 0 spiro atoms. The van der Waals surface area contributed by atoms with Crippen molar-refractivity contribution in [3.05, 3.63) is 60.2 Å². The average Bonchev–Trinajstić information content (AvgIpc) is 2.87. The fourth-order valence-electron chi connectivity index (χ4n) is 4.51. The van der Waals surface area contributed by atoms with Crippen molar-refractivity contribution in [3.8, 4) is 11.5 Å². The second-order valence-corrected chi connectivity index (χ2v) is 8.91. The fraction of sp³-hybridized carbons (Fsp3) is 0.500. The van der Waals surface area contributed by atoms with E-state index in [1.54, 1.807) is 12.0 Å². The van der Waals surface area contributed by atoms with Gasteiger partial charge in [-0.15, -0.1) is 0 Å². The van der Waals surface area contributed by atoms with Crippen molar-refractivity contribution in [2.45, 2.75) is 76.9 Å². The van der Waals surface area contributed by atoms with Crippen LogP contribution in [0, 0.1) is 0 Å². The van der Waals surface area contributed by atoms with E-state index < -0.39 is 6.04 Å². The van der Waals surface area contributed by atoms with Crippen LogP contribution in [-0.2, 0) is 16.1 Å². The first-order valence-corrected chi connectivity index (χ1v) is 12.5. The van der Waals surface area contributed by atoms with E-state index in [4.69, 9.17) is 9.47 Å². The molecule has 0 heterocycles. The summed E-state index contributed by atoms with van der Waals surface area (Å²) in [5.41, 5.74) is 0.942. The molecule has 0 bridgehead atoms. The molecule has 2 aromatic carbocycles. The minimum absolute atomic E-state index is 0.0369. The molecule has 1 atom stereocenters. The monoisotopic (exact) mass is 466 g/mol. The van der Waals surface area contributed by atoms with Crippen molar-refractivity contribution < 1.29 is 19.1 Å².